The lowest BCUT2D eigenvalue weighted by Gasteiger charge is -2.20. The van der Waals surface area contributed by atoms with Gasteiger partial charge < -0.3 is 20.3 Å². The van der Waals surface area contributed by atoms with E-state index in [4.69, 9.17) is 4.74 Å². The predicted octanol–water partition coefficient (Wildman–Crippen LogP) is 14.1. The van der Waals surface area contributed by atoms with Crippen LogP contribution in [0.4, 0.5) is 0 Å². The molecular weight excluding hydrogens is 707 g/mol. The summed E-state index contributed by atoms with van der Waals surface area (Å²) < 4.78 is 5.42. The Labute approximate surface area is 352 Å². The van der Waals surface area contributed by atoms with E-state index in [1.54, 1.807) is 6.08 Å². The van der Waals surface area contributed by atoms with E-state index in [0.29, 0.717) is 19.4 Å². The molecule has 2 unspecified atom stereocenters. The lowest BCUT2D eigenvalue weighted by Crippen LogP contribution is -2.45. The fourth-order valence-electron chi connectivity index (χ4n) is 6.76. The molecule has 0 aromatic carbocycles. The van der Waals surface area contributed by atoms with Gasteiger partial charge in [-0.15, -0.1) is 0 Å². The number of aliphatic hydroxyl groups excluding tert-OH is 2. The van der Waals surface area contributed by atoms with Crippen LogP contribution in [-0.4, -0.2) is 47.4 Å². The first-order valence-corrected chi connectivity index (χ1v) is 24.1. The van der Waals surface area contributed by atoms with Gasteiger partial charge in [0.2, 0.25) is 5.91 Å². The molecule has 0 aromatic heterocycles. The summed E-state index contributed by atoms with van der Waals surface area (Å²) >= 11 is 0. The molecule has 0 rings (SSSR count). The van der Waals surface area contributed by atoms with Gasteiger partial charge in [0.15, 0.2) is 0 Å². The van der Waals surface area contributed by atoms with Gasteiger partial charge in [0, 0.05) is 12.8 Å². The Hall–Kier alpha value is -2.44. The summed E-state index contributed by atoms with van der Waals surface area (Å²) in [6, 6.07) is -0.639. The van der Waals surface area contributed by atoms with E-state index in [2.05, 4.69) is 67.8 Å². The van der Waals surface area contributed by atoms with Crippen LogP contribution < -0.4 is 5.32 Å². The summed E-state index contributed by atoms with van der Waals surface area (Å²) in [5.74, 6) is -0.123. The van der Waals surface area contributed by atoms with Crippen molar-refractivity contribution in [2.75, 3.05) is 13.2 Å². The highest BCUT2D eigenvalue weighted by Gasteiger charge is 2.18. The zero-order valence-corrected chi connectivity index (χ0v) is 37.3. The van der Waals surface area contributed by atoms with Crippen LogP contribution in [0.1, 0.15) is 226 Å². The third-order valence-electron chi connectivity index (χ3n) is 10.5. The molecule has 3 N–H and O–H groups in total. The zero-order valence-electron chi connectivity index (χ0n) is 37.3. The molecule has 6 nitrogen and oxygen atoms in total. The van der Waals surface area contributed by atoms with Crippen LogP contribution >= 0.6 is 0 Å². The predicted molar refractivity (Wildman–Crippen MR) is 245 cm³/mol. The fraction of sp³-hybridized carbons (Fsp3) is 0.765. The Morgan fingerprint density at radius 3 is 1.40 bits per heavy atom. The summed E-state index contributed by atoms with van der Waals surface area (Å²) in [7, 11) is 0. The molecule has 0 aliphatic rings. The first-order valence-electron chi connectivity index (χ1n) is 24.1. The highest BCUT2D eigenvalue weighted by atomic mass is 16.5. The summed E-state index contributed by atoms with van der Waals surface area (Å²) in [4.78, 5) is 24.3. The summed E-state index contributed by atoms with van der Waals surface area (Å²) in [6.45, 7) is 4.74. The van der Waals surface area contributed by atoms with E-state index in [9.17, 15) is 19.8 Å². The Bertz CT molecular complexity index is 1020. The molecule has 0 saturated carbocycles. The van der Waals surface area contributed by atoms with Gasteiger partial charge in [-0.05, 0) is 96.3 Å². The normalized spacial score (nSPS) is 13.3. The highest BCUT2D eigenvalue weighted by molar-refractivity contribution is 5.76. The maximum Gasteiger partial charge on any atom is 0.305 e. The van der Waals surface area contributed by atoms with Crippen molar-refractivity contribution >= 4 is 11.9 Å². The maximum atomic E-state index is 12.4. The Balaban J connectivity index is 3.55. The van der Waals surface area contributed by atoms with Crippen molar-refractivity contribution in [2.24, 2.45) is 0 Å². The number of esters is 1. The van der Waals surface area contributed by atoms with Crippen molar-refractivity contribution in [2.45, 2.75) is 238 Å². The van der Waals surface area contributed by atoms with Crippen molar-refractivity contribution in [1.82, 2.24) is 5.32 Å². The smallest absolute Gasteiger partial charge is 0.305 e. The number of rotatable bonds is 43. The number of carbonyl (C=O) groups excluding carboxylic acids is 2. The third-order valence-corrected chi connectivity index (χ3v) is 10.5. The fourth-order valence-corrected chi connectivity index (χ4v) is 6.76. The van der Waals surface area contributed by atoms with Crippen LogP contribution in [0.5, 0.6) is 0 Å². The average Bonchev–Trinajstić information content (AvgIpc) is 3.21. The van der Waals surface area contributed by atoms with Crippen LogP contribution in [0.2, 0.25) is 0 Å². The summed E-state index contributed by atoms with van der Waals surface area (Å²) in [6.07, 6.45) is 57.9. The number of aliphatic hydroxyl groups is 2. The van der Waals surface area contributed by atoms with Gasteiger partial charge in [-0.2, -0.15) is 0 Å². The van der Waals surface area contributed by atoms with Crippen molar-refractivity contribution in [1.29, 1.82) is 0 Å². The molecule has 0 spiro atoms. The molecule has 0 aliphatic carbocycles. The quantitative estimate of drug-likeness (QED) is 0.0324. The van der Waals surface area contributed by atoms with Crippen molar-refractivity contribution < 1.29 is 24.5 Å². The first kappa shape index (κ1) is 54.6. The minimum Gasteiger partial charge on any atom is -0.466 e. The van der Waals surface area contributed by atoms with Gasteiger partial charge in [0.05, 0.1) is 25.4 Å². The molecule has 0 heterocycles. The molecule has 0 fully saturated rings. The topological polar surface area (TPSA) is 95.9 Å². The zero-order chi connectivity index (χ0) is 41.5. The Morgan fingerprint density at radius 1 is 0.491 bits per heavy atom. The van der Waals surface area contributed by atoms with Crippen molar-refractivity contribution in [3.05, 3.63) is 60.8 Å². The lowest BCUT2D eigenvalue weighted by atomic mass is 10.1. The number of carbonyl (C=O) groups is 2. The number of hydrogen-bond acceptors (Lipinski definition) is 5. The molecule has 0 radical (unpaired) electrons. The Kier molecular flexibility index (Phi) is 44.3. The second kappa shape index (κ2) is 46.3. The van der Waals surface area contributed by atoms with Crippen molar-refractivity contribution in [3.63, 3.8) is 0 Å². The molecule has 0 aromatic rings. The van der Waals surface area contributed by atoms with Gasteiger partial charge >= 0.3 is 5.97 Å². The largest absolute Gasteiger partial charge is 0.466 e. The molecule has 2 atom stereocenters. The van der Waals surface area contributed by atoms with Gasteiger partial charge in [-0.25, -0.2) is 0 Å². The number of ether oxygens (including phenoxy) is 1. The van der Waals surface area contributed by atoms with Crippen LogP contribution in [0.15, 0.2) is 60.8 Å². The molecular formula is C51H91NO5. The molecule has 330 valence electrons. The van der Waals surface area contributed by atoms with E-state index in [-0.39, 0.29) is 18.5 Å². The molecule has 57 heavy (non-hydrogen) atoms. The monoisotopic (exact) mass is 798 g/mol. The number of allylic oxidation sites excluding steroid dienone is 9. The van der Waals surface area contributed by atoms with E-state index in [1.165, 1.54) is 103 Å². The number of amides is 1. The molecule has 0 saturated heterocycles. The number of hydrogen-bond donors (Lipinski definition) is 3. The van der Waals surface area contributed by atoms with E-state index in [1.807, 2.05) is 6.08 Å². The maximum absolute atomic E-state index is 12.4. The Morgan fingerprint density at radius 2 is 0.912 bits per heavy atom. The first-order chi connectivity index (χ1) is 28.0. The van der Waals surface area contributed by atoms with E-state index < -0.39 is 12.1 Å². The van der Waals surface area contributed by atoms with Gasteiger partial charge in [-0.3, -0.25) is 9.59 Å². The minimum atomic E-state index is -0.854. The molecule has 0 bridgehead atoms. The SMILES string of the molecule is CCC/C=C\C/C=C\CCCCCCCC(=O)OCCCCC/C=C\C/C=C\CCCCCCCCCC(=O)NC(CO)C(O)/C=C/CCCCCCCCCC. The highest BCUT2D eigenvalue weighted by Crippen LogP contribution is 2.13. The minimum absolute atomic E-state index is 0.0335. The van der Waals surface area contributed by atoms with Crippen LogP contribution in [0.3, 0.4) is 0 Å². The standard InChI is InChI=1S/C51H91NO5/c1-3-5-7-9-11-13-15-21-25-29-33-37-41-45-51(56)57-46-42-38-34-30-26-23-20-18-16-17-19-22-24-28-32-36-40-44-50(55)52-48(47-53)49(54)43-39-35-31-27-14-12-10-8-6-4-2/h7,9,13,15-16,18,23,26,39,43,48-49,53-54H,3-6,8,10-12,14,17,19-22,24-25,27-38,40-42,44-47H2,1-2H3,(H,52,55)/b9-7-,15-13-,18-16-,26-23-,43-39+. The number of nitrogens with one attached hydrogen (secondary N) is 1. The summed E-state index contributed by atoms with van der Waals surface area (Å²) in [5, 5.41) is 22.9. The van der Waals surface area contributed by atoms with E-state index in [0.717, 1.165) is 96.3 Å². The average molecular weight is 798 g/mol. The molecule has 6 heteroatoms. The van der Waals surface area contributed by atoms with Crippen molar-refractivity contribution in [3.8, 4) is 0 Å². The van der Waals surface area contributed by atoms with Gasteiger partial charge in [0.1, 0.15) is 0 Å². The number of unbranched alkanes of at least 4 members (excludes halogenated alkanes) is 24. The van der Waals surface area contributed by atoms with Crippen LogP contribution in [0.25, 0.3) is 0 Å². The van der Waals surface area contributed by atoms with Crippen LogP contribution in [-0.2, 0) is 14.3 Å². The molecule has 0 aliphatic heterocycles. The van der Waals surface area contributed by atoms with Crippen LogP contribution in [0, 0.1) is 0 Å². The third kappa shape index (κ3) is 43.0. The van der Waals surface area contributed by atoms with Gasteiger partial charge in [-0.1, -0.05) is 177 Å². The van der Waals surface area contributed by atoms with E-state index >= 15 is 0 Å². The second-order valence-electron chi connectivity index (χ2n) is 16.1. The molecule has 1 amide bonds. The summed E-state index contributed by atoms with van der Waals surface area (Å²) in [5.41, 5.74) is 0. The lowest BCUT2D eigenvalue weighted by molar-refractivity contribution is -0.143. The second-order valence-corrected chi connectivity index (χ2v) is 16.1. The van der Waals surface area contributed by atoms with Gasteiger partial charge in [0.25, 0.3) is 0 Å².